The summed E-state index contributed by atoms with van der Waals surface area (Å²) in [5.41, 5.74) is 1.53. The van der Waals surface area contributed by atoms with Crippen LogP contribution in [0.1, 0.15) is 21.7 Å². The Labute approximate surface area is 109 Å². The van der Waals surface area contributed by atoms with Gasteiger partial charge < -0.3 is 5.32 Å². The number of nitrogens with one attached hydrogen (secondary N) is 1. The lowest BCUT2D eigenvalue weighted by atomic mass is 10.2. The monoisotopic (exact) mass is 265 g/mol. The highest BCUT2D eigenvalue weighted by Gasteiger charge is 2.14. The molecule has 0 aliphatic heterocycles. The summed E-state index contributed by atoms with van der Waals surface area (Å²) in [5, 5.41) is 3.73. The third-order valence-electron chi connectivity index (χ3n) is 2.88. The van der Waals surface area contributed by atoms with Crippen LogP contribution >= 0.6 is 22.9 Å². The van der Waals surface area contributed by atoms with Gasteiger partial charge in [-0.2, -0.15) is 0 Å². The maximum Gasteiger partial charge on any atom is 0.134 e. The second-order valence-electron chi connectivity index (χ2n) is 4.09. The van der Waals surface area contributed by atoms with E-state index in [1.807, 2.05) is 11.3 Å². The van der Waals surface area contributed by atoms with Crippen LogP contribution in [0.4, 0.5) is 5.82 Å². The lowest BCUT2D eigenvalue weighted by molar-refractivity contribution is 0.913. The van der Waals surface area contributed by atoms with Gasteiger partial charge >= 0.3 is 0 Å². The Balaban J connectivity index is 1.67. The summed E-state index contributed by atoms with van der Waals surface area (Å²) in [6.07, 6.45) is 5.28. The second kappa shape index (κ2) is 4.63. The lowest BCUT2D eigenvalue weighted by Gasteiger charge is -2.03. The smallest absolute Gasteiger partial charge is 0.134 e. The predicted molar refractivity (Wildman–Crippen MR) is 70.7 cm³/mol. The number of aryl methyl sites for hydroxylation is 2. The minimum absolute atomic E-state index is 0.469. The van der Waals surface area contributed by atoms with Crippen LogP contribution in [-0.2, 0) is 19.4 Å². The summed E-state index contributed by atoms with van der Waals surface area (Å²) in [6.45, 7) is 0.811. The molecule has 2 aromatic rings. The van der Waals surface area contributed by atoms with Crippen LogP contribution in [-0.4, -0.2) is 9.97 Å². The zero-order valence-electron chi connectivity index (χ0n) is 9.24. The molecule has 0 fully saturated rings. The fourth-order valence-corrected chi connectivity index (χ4v) is 3.43. The molecule has 3 rings (SSSR count). The molecule has 5 heteroatoms. The number of halogens is 1. The quantitative estimate of drug-likeness (QED) is 0.866. The highest BCUT2D eigenvalue weighted by molar-refractivity contribution is 7.12. The van der Waals surface area contributed by atoms with E-state index in [0.29, 0.717) is 5.15 Å². The van der Waals surface area contributed by atoms with Crippen molar-refractivity contribution in [1.29, 1.82) is 0 Å². The Bertz CT molecular complexity index is 517. The van der Waals surface area contributed by atoms with E-state index in [4.69, 9.17) is 11.6 Å². The first kappa shape index (κ1) is 11.0. The van der Waals surface area contributed by atoms with Crippen molar-refractivity contribution in [3.63, 3.8) is 0 Å². The van der Waals surface area contributed by atoms with Crippen LogP contribution in [0, 0.1) is 0 Å². The van der Waals surface area contributed by atoms with Gasteiger partial charge in [0.25, 0.3) is 0 Å². The Morgan fingerprint density at radius 3 is 3.06 bits per heavy atom. The number of anilines is 1. The molecule has 17 heavy (non-hydrogen) atoms. The van der Waals surface area contributed by atoms with Crippen molar-refractivity contribution < 1.29 is 0 Å². The minimum atomic E-state index is 0.469. The Kier molecular flexibility index (Phi) is 2.99. The van der Waals surface area contributed by atoms with Crippen molar-refractivity contribution in [3.8, 4) is 0 Å². The van der Waals surface area contributed by atoms with Crippen molar-refractivity contribution in [3.05, 3.63) is 38.9 Å². The first-order valence-corrected chi connectivity index (χ1v) is 6.82. The molecule has 2 aromatic heterocycles. The summed E-state index contributed by atoms with van der Waals surface area (Å²) in [6, 6.07) is 4.05. The molecule has 88 valence electrons. The van der Waals surface area contributed by atoms with Gasteiger partial charge in [0.15, 0.2) is 0 Å². The summed E-state index contributed by atoms with van der Waals surface area (Å²) in [4.78, 5) is 10.9. The number of aromatic nitrogens is 2. The maximum absolute atomic E-state index is 5.80. The number of hydrogen-bond acceptors (Lipinski definition) is 4. The molecule has 0 atom stereocenters. The number of rotatable bonds is 3. The molecule has 1 N–H and O–H groups in total. The molecule has 1 aliphatic carbocycles. The van der Waals surface area contributed by atoms with E-state index in [-0.39, 0.29) is 0 Å². The largest absolute Gasteiger partial charge is 0.365 e. The maximum atomic E-state index is 5.80. The molecule has 3 nitrogen and oxygen atoms in total. The van der Waals surface area contributed by atoms with Crippen LogP contribution in [0.15, 0.2) is 18.5 Å². The van der Waals surface area contributed by atoms with Crippen LogP contribution in [0.3, 0.4) is 0 Å². The number of fused-ring (bicyclic) bond motifs is 1. The van der Waals surface area contributed by atoms with E-state index < -0.39 is 0 Å². The minimum Gasteiger partial charge on any atom is -0.365 e. The average molecular weight is 266 g/mol. The Morgan fingerprint density at radius 2 is 2.24 bits per heavy atom. The molecule has 0 saturated carbocycles. The predicted octanol–water partition coefficient (Wildman–Crippen LogP) is 3.29. The van der Waals surface area contributed by atoms with Crippen molar-refractivity contribution in [2.24, 2.45) is 0 Å². The van der Waals surface area contributed by atoms with Crippen molar-refractivity contribution in [1.82, 2.24) is 9.97 Å². The molecule has 1 aliphatic rings. The van der Waals surface area contributed by atoms with E-state index in [2.05, 4.69) is 21.4 Å². The Morgan fingerprint density at radius 1 is 1.29 bits per heavy atom. The van der Waals surface area contributed by atoms with Gasteiger partial charge in [-0.05, 0) is 30.9 Å². The average Bonchev–Trinajstić information content (AvgIpc) is 2.86. The number of nitrogens with zero attached hydrogens (tertiary/aromatic N) is 2. The van der Waals surface area contributed by atoms with E-state index in [9.17, 15) is 0 Å². The van der Waals surface area contributed by atoms with Gasteiger partial charge in [0.2, 0.25) is 0 Å². The lowest BCUT2D eigenvalue weighted by Crippen LogP contribution is -1.99. The number of thiophene rings is 1. The third-order valence-corrected chi connectivity index (χ3v) is 4.32. The van der Waals surface area contributed by atoms with Crippen molar-refractivity contribution >= 4 is 28.8 Å². The van der Waals surface area contributed by atoms with E-state index in [1.54, 1.807) is 10.9 Å². The first-order chi connectivity index (χ1) is 8.31. The summed E-state index contributed by atoms with van der Waals surface area (Å²) >= 11 is 7.71. The molecule has 0 amide bonds. The Hall–Kier alpha value is -1.13. The van der Waals surface area contributed by atoms with Gasteiger partial charge in [-0.15, -0.1) is 11.3 Å². The van der Waals surface area contributed by atoms with E-state index in [1.165, 1.54) is 36.0 Å². The first-order valence-electron chi connectivity index (χ1n) is 5.63. The van der Waals surface area contributed by atoms with E-state index >= 15 is 0 Å². The zero-order chi connectivity index (χ0) is 11.7. The van der Waals surface area contributed by atoms with E-state index in [0.717, 1.165) is 12.4 Å². The van der Waals surface area contributed by atoms with Gasteiger partial charge in [-0.25, -0.2) is 9.97 Å². The fraction of sp³-hybridized carbons (Fsp3) is 0.333. The van der Waals surface area contributed by atoms with Crippen LogP contribution < -0.4 is 5.32 Å². The standard InChI is InChI=1S/C12H12ClN3S/c13-11-5-12(16-7-15-11)14-6-9-4-8-2-1-3-10(8)17-9/h4-5,7H,1-3,6H2,(H,14,15,16). The zero-order valence-corrected chi connectivity index (χ0v) is 10.8. The molecule has 2 heterocycles. The molecular weight excluding hydrogens is 254 g/mol. The molecule has 0 aromatic carbocycles. The SMILES string of the molecule is Clc1cc(NCc2cc3c(s2)CCC3)ncn1. The highest BCUT2D eigenvalue weighted by atomic mass is 35.5. The second-order valence-corrected chi connectivity index (χ2v) is 5.70. The molecule has 0 radical (unpaired) electrons. The molecular formula is C12H12ClN3S. The van der Waals surface area contributed by atoms with Crippen molar-refractivity contribution in [2.45, 2.75) is 25.8 Å². The molecule has 0 bridgehead atoms. The third kappa shape index (κ3) is 2.42. The summed E-state index contributed by atoms with van der Waals surface area (Å²) < 4.78 is 0. The normalized spacial score (nSPS) is 13.7. The van der Waals surface area contributed by atoms with Gasteiger partial charge in [0.1, 0.15) is 17.3 Å². The number of hydrogen-bond donors (Lipinski definition) is 1. The van der Waals surface area contributed by atoms with Gasteiger partial charge in [0, 0.05) is 15.8 Å². The molecule has 0 saturated heterocycles. The highest BCUT2D eigenvalue weighted by Crippen LogP contribution is 2.30. The van der Waals surface area contributed by atoms with Crippen LogP contribution in [0.25, 0.3) is 0 Å². The topological polar surface area (TPSA) is 37.8 Å². The molecule has 0 spiro atoms. The van der Waals surface area contributed by atoms with Crippen molar-refractivity contribution in [2.75, 3.05) is 5.32 Å². The summed E-state index contributed by atoms with van der Waals surface area (Å²) in [5.74, 6) is 0.776. The fourth-order valence-electron chi connectivity index (χ4n) is 2.09. The van der Waals surface area contributed by atoms with Gasteiger partial charge in [-0.3, -0.25) is 0 Å². The van der Waals surface area contributed by atoms with Crippen LogP contribution in [0.2, 0.25) is 5.15 Å². The van der Waals surface area contributed by atoms with Crippen LogP contribution in [0.5, 0.6) is 0 Å². The summed E-state index contributed by atoms with van der Waals surface area (Å²) in [7, 11) is 0. The van der Waals surface area contributed by atoms with Gasteiger partial charge in [0.05, 0.1) is 6.54 Å². The molecule has 0 unspecified atom stereocenters. The van der Waals surface area contributed by atoms with Gasteiger partial charge in [-0.1, -0.05) is 11.6 Å².